The molecule has 1 fully saturated rings. The molecular formula is C17H19N7O. The van der Waals surface area contributed by atoms with Crippen molar-refractivity contribution in [1.29, 1.82) is 0 Å². The summed E-state index contributed by atoms with van der Waals surface area (Å²) in [6.07, 6.45) is -0.264. The Labute approximate surface area is 144 Å². The number of aliphatic hydroxyl groups is 1. The van der Waals surface area contributed by atoms with E-state index >= 15 is 0 Å². The maximum Gasteiger partial charge on any atom is 0.247 e. The van der Waals surface area contributed by atoms with Gasteiger partial charge in [-0.25, -0.2) is 0 Å². The molecule has 3 N–H and O–H groups in total. The molecule has 0 spiro atoms. The lowest BCUT2D eigenvalue weighted by Crippen LogP contribution is -2.51. The van der Waals surface area contributed by atoms with Crippen LogP contribution in [0.15, 0.2) is 36.4 Å². The average Bonchev–Trinajstić information content (AvgIpc) is 3.15. The number of β-amino-alcohol motifs (C(OH)–C–C–N with tert-alkyl or cyclic N) is 1. The van der Waals surface area contributed by atoms with Crippen LogP contribution in [-0.2, 0) is 0 Å². The van der Waals surface area contributed by atoms with E-state index < -0.39 is 0 Å². The molecule has 1 aliphatic heterocycles. The second-order valence-corrected chi connectivity index (χ2v) is 6.35. The molecule has 0 saturated carbocycles. The maximum atomic E-state index is 9.53. The van der Waals surface area contributed by atoms with Gasteiger partial charge in [0.05, 0.1) is 11.6 Å². The van der Waals surface area contributed by atoms with E-state index in [1.807, 2.05) is 43.3 Å². The van der Waals surface area contributed by atoms with Gasteiger partial charge in [0.15, 0.2) is 5.65 Å². The van der Waals surface area contributed by atoms with Gasteiger partial charge in [-0.15, -0.1) is 5.10 Å². The minimum absolute atomic E-state index is 0. The lowest BCUT2D eigenvalue weighted by molar-refractivity contribution is 0.141. The van der Waals surface area contributed by atoms with Crippen molar-refractivity contribution in [2.75, 3.05) is 23.3 Å². The molecule has 128 valence electrons. The number of hydrogen-bond donors (Lipinski definition) is 3. The van der Waals surface area contributed by atoms with Crippen LogP contribution < -0.4 is 10.2 Å². The van der Waals surface area contributed by atoms with Gasteiger partial charge in [-0.1, -0.05) is 6.07 Å². The summed E-state index contributed by atoms with van der Waals surface area (Å²) in [7, 11) is 0. The summed E-state index contributed by atoms with van der Waals surface area (Å²) in [5, 5.41) is 25.7. The number of nitrogens with zero attached hydrogens (tertiary/aromatic N) is 5. The number of benzene rings is 1. The van der Waals surface area contributed by atoms with E-state index in [9.17, 15) is 5.11 Å². The second-order valence-electron chi connectivity index (χ2n) is 6.35. The van der Waals surface area contributed by atoms with Gasteiger partial charge in [-0.3, -0.25) is 5.10 Å². The average molecular weight is 337 g/mol. The van der Waals surface area contributed by atoms with E-state index in [0.29, 0.717) is 19.0 Å². The molecule has 8 nitrogen and oxygen atoms in total. The highest BCUT2D eigenvalue weighted by atomic mass is 16.3. The van der Waals surface area contributed by atoms with Crippen LogP contribution in [0.25, 0.3) is 16.6 Å². The first kappa shape index (κ1) is 14.2. The first-order valence-corrected chi connectivity index (χ1v) is 8.18. The van der Waals surface area contributed by atoms with Crippen LogP contribution in [-0.4, -0.2) is 49.1 Å². The number of hydrogen-bond acceptors (Lipinski definition) is 6. The van der Waals surface area contributed by atoms with Crippen LogP contribution >= 0.6 is 0 Å². The zero-order chi connectivity index (χ0) is 17.0. The van der Waals surface area contributed by atoms with Gasteiger partial charge in [0, 0.05) is 31.3 Å². The van der Waals surface area contributed by atoms with Crippen LogP contribution in [0.5, 0.6) is 0 Å². The summed E-state index contributed by atoms with van der Waals surface area (Å²) in [5.41, 5.74) is 3.60. The fraction of sp³-hybridized carbons (Fsp3) is 0.235. The van der Waals surface area contributed by atoms with Gasteiger partial charge in [0.1, 0.15) is 5.82 Å². The number of H-pyrrole nitrogens is 1. The van der Waals surface area contributed by atoms with Crippen LogP contribution in [0, 0.1) is 6.92 Å². The highest BCUT2D eigenvalue weighted by molar-refractivity contribution is 5.85. The Morgan fingerprint density at radius 1 is 1.28 bits per heavy atom. The van der Waals surface area contributed by atoms with Crippen molar-refractivity contribution in [3.63, 3.8) is 0 Å². The largest absolute Gasteiger partial charge is 0.389 e. The summed E-state index contributed by atoms with van der Waals surface area (Å²) in [6.45, 7) is 3.24. The number of pyridine rings is 1. The molecule has 8 heteroatoms. The molecule has 4 aromatic rings. The minimum Gasteiger partial charge on any atom is -0.389 e. The van der Waals surface area contributed by atoms with E-state index in [4.69, 9.17) is 0 Å². The van der Waals surface area contributed by atoms with Crippen molar-refractivity contribution in [3.8, 4) is 0 Å². The molecule has 5 rings (SSSR count). The Morgan fingerprint density at radius 2 is 2.16 bits per heavy atom. The number of anilines is 3. The molecule has 1 aromatic carbocycles. The lowest BCUT2D eigenvalue weighted by atomic mass is 10.2. The summed E-state index contributed by atoms with van der Waals surface area (Å²) >= 11 is 0. The van der Waals surface area contributed by atoms with Crippen molar-refractivity contribution < 1.29 is 6.53 Å². The Morgan fingerprint density at radius 3 is 3.00 bits per heavy atom. The zero-order valence-corrected chi connectivity index (χ0v) is 13.6. The first-order valence-electron chi connectivity index (χ1n) is 8.18. The Balaban J connectivity index is 0.00000168. The van der Waals surface area contributed by atoms with Gasteiger partial charge < -0.3 is 15.3 Å². The van der Waals surface area contributed by atoms with Crippen LogP contribution in [0.4, 0.5) is 17.5 Å². The van der Waals surface area contributed by atoms with Crippen molar-refractivity contribution in [2.45, 2.75) is 13.0 Å². The minimum atomic E-state index is -0.264. The van der Waals surface area contributed by atoms with Gasteiger partial charge >= 0.3 is 0 Å². The molecule has 1 saturated heterocycles. The summed E-state index contributed by atoms with van der Waals surface area (Å²) in [5.74, 6) is 1.46. The zero-order valence-electron chi connectivity index (χ0n) is 13.6. The van der Waals surface area contributed by atoms with Crippen molar-refractivity contribution in [3.05, 3.63) is 42.1 Å². The van der Waals surface area contributed by atoms with E-state index in [0.717, 1.165) is 33.7 Å². The third-order valence-electron chi connectivity index (χ3n) is 4.53. The number of fused-ring (bicyclic) bond motifs is 2. The summed E-state index contributed by atoms with van der Waals surface area (Å²) < 4.78 is 1.80. The van der Waals surface area contributed by atoms with E-state index in [1.54, 1.807) is 4.52 Å². The number of aryl methyl sites for hydroxylation is 1. The predicted molar refractivity (Wildman–Crippen MR) is 97.4 cm³/mol. The van der Waals surface area contributed by atoms with Crippen molar-refractivity contribution in [2.24, 2.45) is 0 Å². The highest BCUT2D eigenvalue weighted by Gasteiger charge is 2.26. The number of rotatable bonds is 3. The van der Waals surface area contributed by atoms with E-state index in [1.165, 1.54) is 0 Å². The Bertz CT molecular complexity index is 1080. The molecule has 0 aliphatic carbocycles. The fourth-order valence-corrected chi connectivity index (χ4v) is 3.18. The molecule has 3 aromatic heterocycles. The molecule has 0 bridgehead atoms. The molecule has 25 heavy (non-hydrogen) atoms. The van der Waals surface area contributed by atoms with Crippen LogP contribution in [0.3, 0.4) is 0 Å². The maximum absolute atomic E-state index is 9.53. The fourth-order valence-electron chi connectivity index (χ4n) is 3.18. The highest BCUT2D eigenvalue weighted by Crippen LogP contribution is 2.24. The summed E-state index contributed by atoms with van der Waals surface area (Å²) in [6, 6.07) is 11.8. The molecule has 4 heterocycles. The SMILES string of the molecule is Cc1[nH]nc2cc(Nc3nc4cccc(N5CC(O)C5)n4n3)ccc12.[HH]. The monoisotopic (exact) mass is 337 g/mol. The normalized spacial score (nSPS) is 15.0. The van der Waals surface area contributed by atoms with Crippen LogP contribution in [0.1, 0.15) is 7.12 Å². The molecular weight excluding hydrogens is 318 g/mol. The number of aromatic amines is 1. The quantitative estimate of drug-likeness (QED) is 0.530. The lowest BCUT2D eigenvalue weighted by Gasteiger charge is -2.37. The standard InChI is InChI=1S/C17H17N7O.H2/c1-10-13-6-5-11(7-14(13)21-20-10)18-17-19-15-3-2-4-16(24(15)22-17)23-8-12(25)9-23;/h2-7,12,25H,8-9H2,1H3,(H,18,22)(H,20,21);1H. The Hall–Kier alpha value is -3.13. The molecule has 0 unspecified atom stereocenters. The van der Waals surface area contributed by atoms with Gasteiger partial charge in [0.2, 0.25) is 5.95 Å². The van der Waals surface area contributed by atoms with Crippen molar-refractivity contribution in [1.82, 2.24) is 24.8 Å². The van der Waals surface area contributed by atoms with Crippen LogP contribution in [0.2, 0.25) is 0 Å². The third kappa shape index (κ3) is 2.30. The first-order chi connectivity index (χ1) is 12.2. The molecule has 0 radical (unpaired) electrons. The predicted octanol–water partition coefficient (Wildman–Crippen LogP) is 2.08. The smallest absolute Gasteiger partial charge is 0.247 e. The third-order valence-corrected chi connectivity index (χ3v) is 4.53. The van der Waals surface area contributed by atoms with E-state index in [2.05, 4.69) is 30.5 Å². The molecule has 0 amide bonds. The summed E-state index contributed by atoms with van der Waals surface area (Å²) in [4.78, 5) is 6.62. The van der Waals surface area contributed by atoms with Crippen molar-refractivity contribution >= 4 is 34.0 Å². The van der Waals surface area contributed by atoms with E-state index in [-0.39, 0.29) is 7.53 Å². The number of nitrogens with one attached hydrogen (secondary N) is 2. The molecule has 0 atom stereocenters. The number of aliphatic hydroxyl groups excluding tert-OH is 1. The number of aromatic nitrogens is 5. The molecule has 1 aliphatic rings. The topological polar surface area (TPSA) is 94.4 Å². The van der Waals surface area contributed by atoms with Gasteiger partial charge in [-0.05, 0) is 37.3 Å². The van der Waals surface area contributed by atoms with Gasteiger partial charge in [-0.2, -0.15) is 14.6 Å². The second kappa shape index (κ2) is 5.18. The van der Waals surface area contributed by atoms with Gasteiger partial charge in [0.25, 0.3) is 0 Å². The Kier molecular flexibility index (Phi) is 2.95.